The third kappa shape index (κ3) is 15.3. The maximum Gasteiger partial charge on any atom is 0.416 e. The van der Waals surface area contributed by atoms with Gasteiger partial charge in [0, 0.05) is 6.07 Å². The van der Waals surface area contributed by atoms with E-state index < -0.39 is 49.1 Å². The average Bonchev–Trinajstić information content (AvgIpc) is 3.12. The molecule has 0 bridgehead atoms. The summed E-state index contributed by atoms with van der Waals surface area (Å²) in [5, 5.41) is 9.33. The van der Waals surface area contributed by atoms with Crippen LogP contribution in [0.3, 0.4) is 0 Å². The van der Waals surface area contributed by atoms with Crippen LogP contribution in [0.1, 0.15) is 52.7 Å². The van der Waals surface area contributed by atoms with Crippen LogP contribution in [-0.2, 0) is 22.1 Å². The van der Waals surface area contributed by atoms with E-state index in [0.717, 1.165) is 12.1 Å². The molecule has 0 spiro atoms. The molecule has 0 radical (unpaired) electrons. The molecule has 0 aliphatic rings. The topological polar surface area (TPSA) is 98.8 Å². The number of nitrogens with zero attached hydrogens (tertiary/aromatic N) is 1. The molecular formula is C43H45BrClF3N3O5P. The van der Waals surface area contributed by atoms with Crippen LogP contribution in [-0.4, -0.2) is 41.0 Å². The molecule has 14 heteroatoms. The fourth-order valence-electron chi connectivity index (χ4n) is 5.20. The number of benzene rings is 4. The van der Waals surface area contributed by atoms with Crippen molar-refractivity contribution in [2.75, 3.05) is 11.9 Å². The predicted molar refractivity (Wildman–Crippen MR) is 226 cm³/mol. The predicted octanol–water partition coefficient (Wildman–Crippen LogP) is 10.8. The lowest BCUT2D eigenvalue weighted by atomic mass is 10.0. The molecule has 0 saturated heterocycles. The quantitative estimate of drug-likeness (QED) is 0.107. The standard InChI is InChI=1S/C25H30BrClF3N3O5.C18H15P/c1-23(2,3)37-21(34)31-16(11-14-8-7-9-15(10-14)25(28,29)30)13-36-18-12-17(26)19(27)32-20(18)33-22(35)38-24(4,5)6;1-4-10-16(11-5-1)19(17-12-6-2-7-13-17)18-14-8-3-9-15-18/h7-10,12,16H,11,13H2,1-6H3,(H,31,34)(H,32,33,35);1-15H/t16-;/m0./s1. The van der Waals surface area contributed by atoms with Crippen LogP contribution in [0.4, 0.5) is 28.6 Å². The highest BCUT2D eigenvalue weighted by Gasteiger charge is 2.31. The monoisotopic (exact) mass is 885 g/mol. The van der Waals surface area contributed by atoms with E-state index >= 15 is 0 Å². The summed E-state index contributed by atoms with van der Waals surface area (Å²) >= 11 is 9.32. The molecule has 302 valence electrons. The molecule has 0 fully saturated rings. The lowest BCUT2D eigenvalue weighted by Gasteiger charge is -2.24. The number of hydrogen-bond donors (Lipinski definition) is 2. The second kappa shape index (κ2) is 20.2. The molecule has 2 amide bonds. The van der Waals surface area contributed by atoms with Crippen LogP contribution in [0, 0.1) is 0 Å². The number of pyridine rings is 1. The van der Waals surface area contributed by atoms with Crippen LogP contribution in [0.2, 0.25) is 5.15 Å². The normalized spacial score (nSPS) is 12.1. The molecule has 0 unspecified atom stereocenters. The Kier molecular flexibility index (Phi) is 15.9. The summed E-state index contributed by atoms with van der Waals surface area (Å²) in [4.78, 5) is 28.9. The minimum atomic E-state index is -4.52. The molecule has 0 saturated carbocycles. The Morgan fingerprint density at radius 3 is 1.70 bits per heavy atom. The summed E-state index contributed by atoms with van der Waals surface area (Å²) in [5.74, 6) is 0.0229. The number of aromatic nitrogens is 1. The Bertz CT molecular complexity index is 1970. The van der Waals surface area contributed by atoms with E-state index in [4.69, 9.17) is 25.8 Å². The maximum absolute atomic E-state index is 13.2. The molecule has 0 aliphatic heterocycles. The van der Waals surface area contributed by atoms with Gasteiger partial charge in [-0.05, 0) is 99.4 Å². The summed E-state index contributed by atoms with van der Waals surface area (Å²) in [6.07, 6.45) is -6.12. The first-order valence-electron chi connectivity index (χ1n) is 17.9. The van der Waals surface area contributed by atoms with Crippen LogP contribution >= 0.6 is 35.5 Å². The van der Waals surface area contributed by atoms with E-state index in [9.17, 15) is 22.8 Å². The molecule has 1 aromatic heterocycles. The Labute approximate surface area is 346 Å². The van der Waals surface area contributed by atoms with Crippen molar-refractivity contribution in [3.05, 3.63) is 142 Å². The van der Waals surface area contributed by atoms with Gasteiger partial charge in [0.15, 0.2) is 11.6 Å². The van der Waals surface area contributed by atoms with Crippen LogP contribution in [0.25, 0.3) is 0 Å². The highest BCUT2D eigenvalue weighted by atomic mass is 79.9. The van der Waals surface area contributed by atoms with Crippen LogP contribution < -0.4 is 31.3 Å². The number of nitrogens with one attached hydrogen (secondary N) is 2. The second-order valence-electron chi connectivity index (χ2n) is 14.6. The molecule has 2 N–H and O–H groups in total. The first-order chi connectivity index (χ1) is 26.8. The van der Waals surface area contributed by atoms with Gasteiger partial charge in [-0.3, -0.25) is 5.32 Å². The fourth-order valence-corrected chi connectivity index (χ4v) is 7.94. The van der Waals surface area contributed by atoms with Gasteiger partial charge in [0.05, 0.1) is 16.1 Å². The SMILES string of the molecule is CC(C)(C)OC(=O)Nc1nc(Cl)c(Br)cc1OC[C@H](Cc1cccc(C(F)(F)F)c1)NC(=O)OC(C)(C)C.c1ccc(P(c2ccccc2)c2ccccc2)cc1. The minimum absolute atomic E-state index is 0.0137. The Morgan fingerprint density at radius 2 is 1.23 bits per heavy atom. The smallest absolute Gasteiger partial charge is 0.416 e. The van der Waals surface area contributed by atoms with Crippen molar-refractivity contribution < 1.29 is 37.0 Å². The number of ether oxygens (including phenoxy) is 3. The molecule has 1 atom stereocenters. The van der Waals surface area contributed by atoms with Gasteiger partial charge >= 0.3 is 18.4 Å². The number of carbonyl (C=O) groups is 2. The number of halogens is 5. The van der Waals surface area contributed by atoms with Gasteiger partial charge in [-0.1, -0.05) is 121 Å². The molecular weight excluding hydrogens is 842 g/mol. The van der Waals surface area contributed by atoms with Crippen LogP contribution in [0.15, 0.2) is 126 Å². The zero-order chi connectivity index (χ0) is 41.8. The Balaban J connectivity index is 0.000000313. The summed E-state index contributed by atoms with van der Waals surface area (Å²) in [6, 6.07) is 37.7. The number of hydrogen-bond acceptors (Lipinski definition) is 6. The van der Waals surface area contributed by atoms with Crippen molar-refractivity contribution in [2.24, 2.45) is 0 Å². The lowest BCUT2D eigenvalue weighted by molar-refractivity contribution is -0.137. The number of rotatable bonds is 10. The van der Waals surface area contributed by atoms with Crippen LogP contribution in [0.5, 0.6) is 5.75 Å². The van der Waals surface area contributed by atoms with Gasteiger partial charge in [-0.2, -0.15) is 13.2 Å². The lowest BCUT2D eigenvalue weighted by Crippen LogP contribution is -2.43. The van der Waals surface area contributed by atoms with Crippen molar-refractivity contribution in [3.63, 3.8) is 0 Å². The number of carbonyl (C=O) groups excluding carboxylic acids is 2. The molecule has 57 heavy (non-hydrogen) atoms. The summed E-state index contributed by atoms with van der Waals surface area (Å²) in [7, 11) is -0.446. The highest BCUT2D eigenvalue weighted by Crippen LogP contribution is 2.34. The van der Waals surface area contributed by atoms with E-state index in [1.165, 1.54) is 34.1 Å². The molecule has 5 rings (SSSR count). The summed E-state index contributed by atoms with van der Waals surface area (Å²) in [5.41, 5.74) is -2.09. The molecule has 0 aliphatic carbocycles. The van der Waals surface area contributed by atoms with Crippen molar-refractivity contribution in [2.45, 2.75) is 71.4 Å². The summed E-state index contributed by atoms with van der Waals surface area (Å²) in [6.45, 7) is 9.88. The van der Waals surface area contributed by atoms with Gasteiger partial charge in [0.25, 0.3) is 0 Å². The Hall–Kier alpha value is -4.64. The zero-order valence-corrected chi connectivity index (χ0v) is 35.6. The van der Waals surface area contributed by atoms with E-state index in [1.54, 1.807) is 41.5 Å². The van der Waals surface area contributed by atoms with Crippen molar-refractivity contribution in [1.82, 2.24) is 10.3 Å². The number of anilines is 1. The minimum Gasteiger partial charge on any atom is -0.487 e. The van der Waals surface area contributed by atoms with E-state index in [1.807, 2.05) is 0 Å². The van der Waals surface area contributed by atoms with E-state index in [2.05, 4.69) is 123 Å². The first-order valence-corrected chi connectivity index (χ1v) is 20.4. The van der Waals surface area contributed by atoms with Gasteiger partial charge < -0.3 is 19.5 Å². The zero-order valence-electron chi connectivity index (χ0n) is 32.4. The van der Waals surface area contributed by atoms with E-state index in [0.29, 0.717) is 10.0 Å². The largest absolute Gasteiger partial charge is 0.487 e. The fraction of sp³-hybridized carbons (Fsp3) is 0.279. The summed E-state index contributed by atoms with van der Waals surface area (Å²) < 4.78 is 56.4. The van der Waals surface area contributed by atoms with Crippen molar-refractivity contribution >= 4 is 69.4 Å². The van der Waals surface area contributed by atoms with Gasteiger partial charge in [0.1, 0.15) is 23.0 Å². The van der Waals surface area contributed by atoms with Gasteiger partial charge in [-0.25, -0.2) is 14.6 Å². The highest BCUT2D eigenvalue weighted by molar-refractivity contribution is 9.10. The first kappa shape index (κ1) is 45.1. The second-order valence-corrected chi connectivity index (χ2v) is 18.1. The van der Waals surface area contributed by atoms with Gasteiger partial charge in [0.2, 0.25) is 0 Å². The number of alkyl carbamates (subject to hydrolysis) is 1. The number of amides is 2. The molecule has 1 heterocycles. The third-order valence-corrected chi connectivity index (χ3v) is 11.0. The van der Waals surface area contributed by atoms with Crippen molar-refractivity contribution in [1.29, 1.82) is 0 Å². The molecule has 8 nitrogen and oxygen atoms in total. The third-order valence-electron chi connectivity index (χ3n) is 7.46. The Morgan fingerprint density at radius 1 is 0.737 bits per heavy atom. The van der Waals surface area contributed by atoms with Gasteiger partial charge in [-0.15, -0.1) is 0 Å². The van der Waals surface area contributed by atoms with Crippen molar-refractivity contribution in [3.8, 4) is 5.75 Å². The average molecular weight is 887 g/mol. The molecule has 5 aromatic rings. The molecule has 4 aromatic carbocycles. The maximum atomic E-state index is 13.2. The van der Waals surface area contributed by atoms with E-state index in [-0.39, 0.29) is 29.7 Å². The number of alkyl halides is 3.